The molecule has 2 atom stereocenters. The number of nitrogens with zero attached hydrogens (tertiary/aromatic N) is 3. The Morgan fingerprint density at radius 1 is 1.00 bits per heavy atom. The van der Waals surface area contributed by atoms with Crippen LogP contribution in [0.2, 0.25) is 0 Å². The van der Waals surface area contributed by atoms with Gasteiger partial charge in [-0.05, 0) is 74.6 Å². The number of aromatic amines is 1. The number of urea groups is 1. The van der Waals surface area contributed by atoms with Crippen LogP contribution in [0.4, 0.5) is 16.2 Å². The third kappa shape index (κ3) is 7.51. The molecule has 0 aliphatic carbocycles. The van der Waals surface area contributed by atoms with Crippen molar-refractivity contribution in [3.05, 3.63) is 84.1 Å². The van der Waals surface area contributed by atoms with E-state index in [1.807, 2.05) is 101 Å². The number of aromatic nitrogens is 1. The number of fused-ring (bicyclic) bond motifs is 1. The van der Waals surface area contributed by atoms with Gasteiger partial charge in [0, 0.05) is 61.4 Å². The first-order valence-corrected chi connectivity index (χ1v) is 15.5. The van der Waals surface area contributed by atoms with Gasteiger partial charge in [0.05, 0.1) is 19.4 Å². The Morgan fingerprint density at radius 2 is 1.73 bits per heavy atom. The summed E-state index contributed by atoms with van der Waals surface area (Å²) >= 11 is 0. The number of nitrogens with one attached hydrogen (secondary N) is 3. The zero-order valence-electron chi connectivity index (χ0n) is 26.8. The predicted molar refractivity (Wildman–Crippen MR) is 179 cm³/mol. The Kier molecular flexibility index (Phi) is 10.1. The number of amides is 3. The summed E-state index contributed by atoms with van der Waals surface area (Å²) in [6.07, 6.45) is 1.93. The minimum Gasteiger partial charge on any atom is -0.497 e. The smallest absolute Gasteiger partial charge is 0.318 e. The Hall–Kier alpha value is -4.70. The van der Waals surface area contributed by atoms with Gasteiger partial charge < -0.3 is 39.8 Å². The molecule has 2 heterocycles. The first kappa shape index (κ1) is 31.7. The normalized spacial score (nSPS) is 14.7. The van der Waals surface area contributed by atoms with Gasteiger partial charge in [0.1, 0.15) is 17.5 Å². The van der Waals surface area contributed by atoms with Gasteiger partial charge in [0.15, 0.2) is 0 Å². The third-order valence-electron chi connectivity index (χ3n) is 8.28. The van der Waals surface area contributed by atoms with E-state index in [-0.39, 0.29) is 17.9 Å². The number of piperazine rings is 1. The number of H-pyrrole nitrogens is 1. The van der Waals surface area contributed by atoms with Crippen molar-refractivity contribution in [2.45, 2.75) is 32.4 Å². The van der Waals surface area contributed by atoms with Crippen LogP contribution in [0.3, 0.4) is 0 Å². The molecule has 1 aromatic heterocycles. The third-order valence-corrected chi connectivity index (χ3v) is 8.28. The van der Waals surface area contributed by atoms with Crippen molar-refractivity contribution < 1.29 is 19.1 Å². The van der Waals surface area contributed by atoms with Crippen LogP contribution in [0.5, 0.6) is 11.5 Å². The second kappa shape index (κ2) is 14.4. The van der Waals surface area contributed by atoms with E-state index in [0.717, 1.165) is 33.5 Å². The maximum atomic E-state index is 14.1. The van der Waals surface area contributed by atoms with Gasteiger partial charge >= 0.3 is 6.03 Å². The van der Waals surface area contributed by atoms with Crippen molar-refractivity contribution in [1.82, 2.24) is 20.1 Å². The van der Waals surface area contributed by atoms with Crippen LogP contribution in [0.15, 0.2) is 72.9 Å². The van der Waals surface area contributed by atoms with Gasteiger partial charge in [-0.25, -0.2) is 4.79 Å². The SMILES string of the molecule is CCOc1ccc(CN(C)C)cc1NC(=O)C(NC(=O)N1CCN(c2ccc(OC)cc2)CC1)C(C)c1c[nH]c2ccccc12. The van der Waals surface area contributed by atoms with Gasteiger partial charge in [0.25, 0.3) is 0 Å². The van der Waals surface area contributed by atoms with Gasteiger partial charge in [-0.1, -0.05) is 31.2 Å². The summed E-state index contributed by atoms with van der Waals surface area (Å²) in [4.78, 5) is 37.3. The van der Waals surface area contributed by atoms with Crippen LogP contribution in [0, 0.1) is 0 Å². The summed E-state index contributed by atoms with van der Waals surface area (Å²) in [5.41, 5.74) is 4.65. The van der Waals surface area contributed by atoms with E-state index in [4.69, 9.17) is 9.47 Å². The van der Waals surface area contributed by atoms with Crippen molar-refractivity contribution in [2.75, 3.05) is 64.2 Å². The number of hydrogen-bond acceptors (Lipinski definition) is 6. The summed E-state index contributed by atoms with van der Waals surface area (Å²) < 4.78 is 11.1. The molecule has 0 radical (unpaired) electrons. The second-order valence-corrected chi connectivity index (χ2v) is 11.7. The molecule has 0 bridgehead atoms. The monoisotopic (exact) mass is 612 g/mol. The van der Waals surface area contributed by atoms with Crippen molar-refractivity contribution in [3.63, 3.8) is 0 Å². The lowest BCUT2D eigenvalue weighted by molar-refractivity contribution is -0.118. The minimum absolute atomic E-state index is 0.261. The average Bonchev–Trinajstić information content (AvgIpc) is 3.48. The molecule has 2 unspecified atom stereocenters. The van der Waals surface area contributed by atoms with E-state index in [2.05, 4.69) is 25.4 Å². The number of para-hydroxylation sites is 1. The molecule has 3 N–H and O–H groups in total. The molecule has 1 aliphatic heterocycles. The molecule has 4 aromatic rings. The lowest BCUT2D eigenvalue weighted by Crippen LogP contribution is -2.56. The molecule has 1 saturated heterocycles. The van der Waals surface area contributed by atoms with E-state index in [1.54, 1.807) is 12.0 Å². The Bertz CT molecular complexity index is 1590. The lowest BCUT2D eigenvalue weighted by atomic mass is 9.92. The van der Waals surface area contributed by atoms with E-state index in [1.165, 1.54) is 0 Å². The number of rotatable bonds is 11. The topological polar surface area (TPSA) is 102 Å². The molecule has 1 fully saturated rings. The first-order chi connectivity index (χ1) is 21.8. The standard InChI is InChI=1S/C35H44N6O4/c1-6-45-32-16-11-25(23-39(3)4)21-31(32)37-34(42)33(24(2)29-22-36-30-10-8-7-9-28(29)30)38-35(43)41-19-17-40(18-20-41)26-12-14-27(44-5)15-13-26/h7-16,21-22,24,33,36H,6,17-20,23H2,1-5H3,(H,37,42)(H,38,43). The summed E-state index contributed by atoms with van der Waals surface area (Å²) in [5.74, 6) is 0.767. The maximum Gasteiger partial charge on any atom is 0.318 e. The highest BCUT2D eigenvalue weighted by molar-refractivity contribution is 5.99. The summed E-state index contributed by atoms with van der Waals surface area (Å²) in [7, 11) is 5.65. The molecule has 5 rings (SSSR count). The maximum absolute atomic E-state index is 14.1. The molecule has 10 heteroatoms. The van der Waals surface area contributed by atoms with Gasteiger partial charge in [-0.3, -0.25) is 4.79 Å². The predicted octanol–water partition coefficient (Wildman–Crippen LogP) is 5.28. The fraction of sp³-hybridized carbons (Fsp3) is 0.371. The van der Waals surface area contributed by atoms with E-state index in [9.17, 15) is 9.59 Å². The zero-order chi connectivity index (χ0) is 31.9. The number of carbonyl (C=O) groups excluding carboxylic acids is 2. The van der Waals surface area contributed by atoms with Gasteiger partial charge in [-0.15, -0.1) is 0 Å². The fourth-order valence-electron chi connectivity index (χ4n) is 5.88. The largest absolute Gasteiger partial charge is 0.497 e. The van der Waals surface area contributed by atoms with Crippen molar-refractivity contribution >= 4 is 34.2 Å². The summed E-state index contributed by atoms with van der Waals surface area (Å²) in [5, 5.41) is 7.23. The molecule has 10 nitrogen and oxygen atoms in total. The fourth-order valence-corrected chi connectivity index (χ4v) is 5.88. The van der Waals surface area contributed by atoms with Crippen LogP contribution in [-0.2, 0) is 11.3 Å². The number of benzene rings is 3. The van der Waals surface area contributed by atoms with Crippen LogP contribution >= 0.6 is 0 Å². The Labute approximate surface area is 265 Å². The quantitative estimate of drug-likeness (QED) is 0.213. The van der Waals surface area contributed by atoms with E-state index >= 15 is 0 Å². The van der Waals surface area contributed by atoms with Crippen molar-refractivity contribution in [2.24, 2.45) is 0 Å². The molecular weight excluding hydrogens is 568 g/mol. The first-order valence-electron chi connectivity index (χ1n) is 15.5. The molecule has 45 heavy (non-hydrogen) atoms. The van der Waals surface area contributed by atoms with Crippen LogP contribution in [-0.4, -0.2) is 86.8 Å². The molecule has 0 spiro atoms. The Balaban J connectivity index is 1.36. The lowest BCUT2D eigenvalue weighted by Gasteiger charge is -2.37. The van der Waals surface area contributed by atoms with Crippen LogP contribution < -0.4 is 25.0 Å². The highest BCUT2D eigenvalue weighted by Gasteiger charge is 2.32. The average molecular weight is 613 g/mol. The summed E-state index contributed by atoms with van der Waals surface area (Å²) in [6.45, 7) is 7.51. The van der Waals surface area contributed by atoms with Crippen LogP contribution in [0.25, 0.3) is 10.9 Å². The van der Waals surface area contributed by atoms with Gasteiger partial charge in [0.2, 0.25) is 5.91 Å². The number of hydrogen-bond donors (Lipinski definition) is 3. The van der Waals surface area contributed by atoms with Crippen molar-refractivity contribution in [1.29, 1.82) is 0 Å². The minimum atomic E-state index is -0.844. The highest BCUT2D eigenvalue weighted by Crippen LogP contribution is 2.31. The molecule has 1 aliphatic rings. The van der Waals surface area contributed by atoms with Crippen molar-refractivity contribution in [3.8, 4) is 11.5 Å². The van der Waals surface area contributed by atoms with Gasteiger partial charge in [-0.2, -0.15) is 0 Å². The number of methoxy groups -OCH3 is 1. The number of anilines is 2. The van der Waals surface area contributed by atoms with Crippen LogP contribution in [0.1, 0.15) is 30.9 Å². The molecule has 3 aromatic carbocycles. The molecule has 3 amide bonds. The van der Waals surface area contributed by atoms with E-state index in [0.29, 0.717) is 50.8 Å². The molecular formula is C35H44N6O4. The van der Waals surface area contributed by atoms with E-state index < -0.39 is 6.04 Å². The zero-order valence-corrected chi connectivity index (χ0v) is 26.8. The molecule has 0 saturated carbocycles. The number of carbonyl (C=O) groups is 2. The summed E-state index contributed by atoms with van der Waals surface area (Å²) in [6, 6.07) is 20.7. The highest BCUT2D eigenvalue weighted by atomic mass is 16.5. The number of ether oxygens (including phenoxy) is 2. The second-order valence-electron chi connectivity index (χ2n) is 11.7. The Morgan fingerprint density at radius 3 is 2.42 bits per heavy atom. The molecule has 238 valence electrons.